The lowest BCUT2D eigenvalue weighted by Gasteiger charge is -2.22. The second kappa shape index (κ2) is 11.2. The molecule has 9 nitrogen and oxygen atoms in total. The van der Waals surface area contributed by atoms with Gasteiger partial charge in [0.15, 0.2) is 17.3 Å². The number of carbonyl (C=O) groups excluding carboxylic acids is 1. The lowest BCUT2D eigenvalue weighted by Crippen LogP contribution is -2.31. The number of amides is 1. The summed E-state index contributed by atoms with van der Waals surface area (Å²) < 4.78 is 28.2. The van der Waals surface area contributed by atoms with Gasteiger partial charge < -0.3 is 27.9 Å². The van der Waals surface area contributed by atoms with Crippen molar-refractivity contribution in [3.63, 3.8) is 0 Å². The fourth-order valence-electron chi connectivity index (χ4n) is 3.20. The van der Waals surface area contributed by atoms with Gasteiger partial charge in [-0.25, -0.2) is 0 Å². The summed E-state index contributed by atoms with van der Waals surface area (Å²) in [5.74, 6) is 2.30. The molecule has 0 saturated carbocycles. The van der Waals surface area contributed by atoms with Crippen molar-refractivity contribution in [2.45, 2.75) is 40.7 Å². The first-order chi connectivity index (χ1) is 15.6. The largest absolute Gasteiger partial charge is 0.490 e. The van der Waals surface area contributed by atoms with E-state index in [1.807, 2.05) is 27.7 Å². The van der Waals surface area contributed by atoms with Crippen LogP contribution in [0.1, 0.15) is 50.4 Å². The molecule has 172 valence electrons. The Balaban J connectivity index is 1.89. The van der Waals surface area contributed by atoms with Crippen LogP contribution in [0.5, 0.6) is 17.2 Å². The van der Waals surface area contributed by atoms with E-state index in [-0.39, 0.29) is 18.3 Å². The van der Waals surface area contributed by atoms with Crippen LogP contribution in [0, 0.1) is 0 Å². The summed E-state index contributed by atoms with van der Waals surface area (Å²) in [6.45, 7) is 9.62. The van der Waals surface area contributed by atoms with Crippen molar-refractivity contribution in [1.29, 1.82) is 0 Å². The standard InChI is InChI=1S/C23H29N3O6/c1-5-11-26(15-20-24-25-22(32-20)17-10-9-12-31-17)23(27)16-13-18(28-6-2)21(30-8-4)19(14-16)29-7-3/h9-10,12-14H,5-8,11,15H2,1-4H3. The zero-order valence-corrected chi connectivity index (χ0v) is 18.9. The van der Waals surface area contributed by atoms with Gasteiger partial charge in [0.2, 0.25) is 11.6 Å². The minimum Gasteiger partial charge on any atom is -0.490 e. The normalized spacial score (nSPS) is 10.8. The van der Waals surface area contributed by atoms with Gasteiger partial charge in [-0.3, -0.25) is 4.79 Å². The first-order valence-electron chi connectivity index (χ1n) is 10.8. The van der Waals surface area contributed by atoms with Gasteiger partial charge in [0, 0.05) is 12.1 Å². The molecule has 0 saturated heterocycles. The van der Waals surface area contributed by atoms with E-state index in [4.69, 9.17) is 23.0 Å². The summed E-state index contributed by atoms with van der Waals surface area (Å²) in [6.07, 6.45) is 2.29. The number of ether oxygens (including phenoxy) is 3. The molecule has 3 aromatic rings. The lowest BCUT2D eigenvalue weighted by atomic mass is 10.1. The van der Waals surface area contributed by atoms with Gasteiger partial charge in [-0.1, -0.05) is 6.92 Å². The highest BCUT2D eigenvalue weighted by Gasteiger charge is 2.23. The van der Waals surface area contributed by atoms with Crippen molar-refractivity contribution in [3.8, 4) is 28.9 Å². The number of furan rings is 1. The Morgan fingerprint density at radius 2 is 1.69 bits per heavy atom. The van der Waals surface area contributed by atoms with E-state index in [1.54, 1.807) is 29.2 Å². The van der Waals surface area contributed by atoms with Crippen molar-refractivity contribution < 1.29 is 27.8 Å². The van der Waals surface area contributed by atoms with Crippen LogP contribution in [-0.2, 0) is 6.54 Å². The fourth-order valence-corrected chi connectivity index (χ4v) is 3.20. The molecule has 0 aliphatic rings. The van der Waals surface area contributed by atoms with E-state index in [0.29, 0.717) is 60.8 Å². The average molecular weight is 444 g/mol. The number of nitrogens with zero attached hydrogens (tertiary/aromatic N) is 3. The molecular weight excluding hydrogens is 414 g/mol. The first kappa shape index (κ1) is 23.2. The maximum absolute atomic E-state index is 13.4. The second-order valence-corrected chi connectivity index (χ2v) is 6.81. The van der Waals surface area contributed by atoms with Crippen LogP contribution in [0.3, 0.4) is 0 Å². The molecule has 0 fully saturated rings. The van der Waals surface area contributed by atoms with Gasteiger partial charge in [0.1, 0.15) is 0 Å². The van der Waals surface area contributed by atoms with Crippen molar-refractivity contribution >= 4 is 5.91 Å². The maximum atomic E-state index is 13.4. The molecule has 2 heterocycles. The molecule has 0 unspecified atom stereocenters. The van der Waals surface area contributed by atoms with Crippen LogP contribution in [-0.4, -0.2) is 47.4 Å². The summed E-state index contributed by atoms with van der Waals surface area (Å²) in [5.41, 5.74) is 0.430. The third-order valence-electron chi connectivity index (χ3n) is 4.46. The summed E-state index contributed by atoms with van der Waals surface area (Å²) >= 11 is 0. The SMILES string of the molecule is CCCN(Cc1nnc(-c2ccco2)o1)C(=O)c1cc(OCC)c(OCC)c(OCC)c1. The molecular formula is C23H29N3O6. The number of hydrogen-bond acceptors (Lipinski definition) is 8. The summed E-state index contributed by atoms with van der Waals surface area (Å²) in [6, 6.07) is 6.84. The maximum Gasteiger partial charge on any atom is 0.283 e. The third kappa shape index (κ3) is 5.40. The van der Waals surface area contributed by atoms with Crippen molar-refractivity contribution in [3.05, 3.63) is 42.0 Å². The highest BCUT2D eigenvalue weighted by molar-refractivity contribution is 5.95. The zero-order valence-electron chi connectivity index (χ0n) is 18.9. The molecule has 0 aliphatic carbocycles. The van der Waals surface area contributed by atoms with E-state index < -0.39 is 0 Å². The highest BCUT2D eigenvalue weighted by atomic mass is 16.5. The molecule has 1 aromatic carbocycles. The Kier molecular flexibility index (Phi) is 8.13. The highest BCUT2D eigenvalue weighted by Crippen LogP contribution is 2.39. The van der Waals surface area contributed by atoms with Gasteiger partial charge in [-0.15, -0.1) is 10.2 Å². The fraction of sp³-hybridized carbons (Fsp3) is 0.435. The van der Waals surface area contributed by atoms with E-state index in [2.05, 4.69) is 10.2 Å². The Morgan fingerprint density at radius 3 is 2.25 bits per heavy atom. The summed E-state index contributed by atoms with van der Waals surface area (Å²) in [7, 11) is 0. The molecule has 0 atom stereocenters. The number of carbonyl (C=O) groups is 1. The van der Waals surface area contributed by atoms with Crippen LogP contribution < -0.4 is 14.2 Å². The molecule has 3 rings (SSSR count). The molecule has 0 aliphatic heterocycles. The summed E-state index contributed by atoms with van der Waals surface area (Å²) in [5, 5.41) is 8.07. The minimum atomic E-state index is -0.199. The van der Waals surface area contributed by atoms with Crippen LogP contribution in [0.15, 0.2) is 39.4 Å². The number of rotatable bonds is 12. The Bertz CT molecular complexity index is 972. The van der Waals surface area contributed by atoms with Gasteiger partial charge in [-0.2, -0.15) is 0 Å². The molecule has 32 heavy (non-hydrogen) atoms. The third-order valence-corrected chi connectivity index (χ3v) is 4.46. The predicted molar refractivity (Wildman–Crippen MR) is 117 cm³/mol. The summed E-state index contributed by atoms with van der Waals surface area (Å²) in [4.78, 5) is 15.1. The number of benzene rings is 1. The molecule has 0 radical (unpaired) electrons. The molecule has 0 spiro atoms. The van der Waals surface area contributed by atoms with Gasteiger partial charge in [0.05, 0.1) is 32.6 Å². The Labute approximate surface area is 187 Å². The molecule has 0 N–H and O–H groups in total. The minimum absolute atomic E-state index is 0.168. The molecule has 1 amide bonds. The van der Waals surface area contributed by atoms with Gasteiger partial charge in [0.25, 0.3) is 11.8 Å². The molecule has 2 aromatic heterocycles. The molecule has 9 heteroatoms. The predicted octanol–water partition coefficient (Wildman–Crippen LogP) is 4.58. The molecule has 0 bridgehead atoms. The lowest BCUT2D eigenvalue weighted by molar-refractivity contribution is 0.0727. The van der Waals surface area contributed by atoms with Crippen LogP contribution in [0.4, 0.5) is 0 Å². The topological polar surface area (TPSA) is 100 Å². The van der Waals surface area contributed by atoms with E-state index >= 15 is 0 Å². The van der Waals surface area contributed by atoms with Crippen molar-refractivity contribution in [2.75, 3.05) is 26.4 Å². The van der Waals surface area contributed by atoms with Gasteiger partial charge >= 0.3 is 0 Å². The first-order valence-corrected chi connectivity index (χ1v) is 10.8. The number of aromatic nitrogens is 2. The quantitative estimate of drug-likeness (QED) is 0.401. The monoisotopic (exact) mass is 443 g/mol. The van der Waals surface area contributed by atoms with Crippen LogP contribution in [0.2, 0.25) is 0 Å². The van der Waals surface area contributed by atoms with E-state index in [9.17, 15) is 4.79 Å². The Morgan fingerprint density at radius 1 is 1.00 bits per heavy atom. The second-order valence-electron chi connectivity index (χ2n) is 6.81. The van der Waals surface area contributed by atoms with Crippen LogP contribution in [0.25, 0.3) is 11.7 Å². The van der Waals surface area contributed by atoms with E-state index in [0.717, 1.165) is 6.42 Å². The van der Waals surface area contributed by atoms with E-state index in [1.165, 1.54) is 6.26 Å². The van der Waals surface area contributed by atoms with Crippen LogP contribution >= 0.6 is 0 Å². The average Bonchev–Trinajstić information content (AvgIpc) is 3.47. The number of hydrogen-bond donors (Lipinski definition) is 0. The zero-order chi connectivity index (χ0) is 22.9. The van der Waals surface area contributed by atoms with Crippen molar-refractivity contribution in [2.24, 2.45) is 0 Å². The smallest absolute Gasteiger partial charge is 0.283 e. The van der Waals surface area contributed by atoms with Gasteiger partial charge in [-0.05, 0) is 51.5 Å². The van der Waals surface area contributed by atoms with Crippen molar-refractivity contribution in [1.82, 2.24) is 15.1 Å². The Hall–Kier alpha value is -3.49.